The summed E-state index contributed by atoms with van der Waals surface area (Å²) in [6.45, 7) is 11.6. The minimum atomic E-state index is -0.411. The van der Waals surface area contributed by atoms with Gasteiger partial charge in [-0.1, -0.05) is 27.7 Å². The van der Waals surface area contributed by atoms with Crippen LogP contribution in [0.3, 0.4) is 0 Å². The lowest BCUT2D eigenvalue weighted by Gasteiger charge is -2.38. The highest BCUT2D eigenvalue weighted by molar-refractivity contribution is 5.96. The molecule has 116 valence electrons. The van der Waals surface area contributed by atoms with Crippen LogP contribution in [-0.4, -0.2) is 48.6 Å². The van der Waals surface area contributed by atoms with E-state index in [0.717, 1.165) is 6.42 Å². The summed E-state index contributed by atoms with van der Waals surface area (Å²) >= 11 is 0. The quantitative estimate of drug-likeness (QED) is 0.719. The van der Waals surface area contributed by atoms with Gasteiger partial charge in [0, 0.05) is 13.2 Å². The van der Waals surface area contributed by atoms with Crippen LogP contribution in [0.15, 0.2) is 0 Å². The van der Waals surface area contributed by atoms with Gasteiger partial charge >= 0.3 is 0 Å². The number of carbonyl (C=O) groups is 2. The first-order valence-electron chi connectivity index (χ1n) is 7.53. The molecule has 0 spiro atoms. The molecular weight excluding hydrogens is 256 g/mol. The molecule has 0 aliphatic carbocycles. The van der Waals surface area contributed by atoms with Crippen LogP contribution in [0, 0.1) is 11.8 Å². The van der Waals surface area contributed by atoms with Crippen LogP contribution in [0.5, 0.6) is 0 Å². The van der Waals surface area contributed by atoms with Gasteiger partial charge in [-0.05, 0) is 25.2 Å². The monoisotopic (exact) mass is 284 g/mol. The lowest BCUT2D eigenvalue weighted by atomic mass is 9.98. The molecule has 0 saturated carbocycles. The normalized spacial score (nSPS) is 23.6. The van der Waals surface area contributed by atoms with Crippen molar-refractivity contribution in [3.05, 3.63) is 0 Å². The van der Waals surface area contributed by atoms with Crippen LogP contribution in [-0.2, 0) is 14.3 Å². The minimum Gasteiger partial charge on any atom is -0.380 e. The van der Waals surface area contributed by atoms with Crippen LogP contribution in [0.25, 0.3) is 0 Å². The number of piperazine rings is 1. The summed E-state index contributed by atoms with van der Waals surface area (Å²) in [6, 6.07) is -0.819. The first-order valence-corrected chi connectivity index (χ1v) is 7.53. The summed E-state index contributed by atoms with van der Waals surface area (Å²) in [4.78, 5) is 25.9. The Kier molecular flexibility index (Phi) is 6.46. The Labute approximate surface area is 122 Å². The van der Waals surface area contributed by atoms with E-state index in [9.17, 15) is 9.59 Å². The molecule has 1 aliphatic heterocycles. The van der Waals surface area contributed by atoms with Crippen molar-refractivity contribution in [2.24, 2.45) is 11.8 Å². The van der Waals surface area contributed by atoms with E-state index in [1.807, 2.05) is 13.8 Å². The van der Waals surface area contributed by atoms with Crippen LogP contribution < -0.4 is 5.32 Å². The van der Waals surface area contributed by atoms with E-state index in [-0.39, 0.29) is 17.7 Å². The molecular formula is C15H28N2O3. The van der Waals surface area contributed by atoms with E-state index < -0.39 is 12.1 Å². The molecule has 1 heterocycles. The molecule has 0 aromatic carbocycles. The van der Waals surface area contributed by atoms with Gasteiger partial charge in [0.25, 0.3) is 0 Å². The predicted octanol–water partition coefficient (Wildman–Crippen LogP) is 1.42. The van der Waals surface area contributed by atoms with Crippen LogP contribution >= 0.6 is 0 Å². The van der Waals surface area contributed by atoms with Crippen molar-refractivity contribution in [3.8, 4) is 0 Å². The molecule has 1 aliphatic rings. The molecule has 0 bridgehead atoms. The number of ether oxygens (including phenoxy) is 1. The fraction of sp³-hybridized carbons (Fsp3) is 0.867. The summed E-state index contributed by atoms with van der Waals surface area (Å²) in [5.74, 6) is 0.634. The van der Waals surface area contributed by atoms with E-state index in [0.29, 0.717) is 25.7 Å². The van der Waals surface area contributed by atoms with Gasteiger partial charge in [-0.2, -0.15) is 0 Å². The second kappa shape index (κ2) is 7.62. The predicted molar refractivity (Wildman–Crippen MR) is 78.2 cm³/mol. The molecule has 2 atom stereocenters. The van der Waals surface area contributed by atoms with Crippen LogP contribution in [0.1, 0.15) is 41.0 Å². The summed E-state index contributed by atoms with van der Waals surface area (Å²) in [5, 5.41) is 2.79. The van der Waals surface area contributed by atoms with Crippen molar-refractivity contribution in [2.45, 2.75) is 53.1 Å². The van der Waals surface area contributed by atoms with E-state index in [2.05, 4.69) is 19.2 Å². The zero-order chi connectivity index (χ0) is 15.3. The third-order valence-corrected chi connectivity index (χ3v) is 3.68. The van der Waals surface area contributed by atoms with Crippen LogP contribution in [0.2, 0.25) is 0 Å². The first-order chi connectivity index (χ1) is 9.34. The molecule has 2 amide bonds. The van der Waals surface area contributed by atoms with Crippen molar-refractivity contribution in [2.75, 3.05) is 19.8 Å². The Hall–Kier alpha value is -1.10. The van der Waals surface area contributed by atoms with Crippen molar-refractivity contribution < 1.29 is 14.3 Å². The van der Waals surface area contributed by atoms with Gasteiger partial charge in [-0.3, -0.25) is 9.59 Å². The number of nitrogens with one attached hydrogen (secondary N) is 1. The number of amides is 2. The summed E-state index contributed by atoms with van der Waals surface area (Å²) in [6.07, 6.45) is 1.01. The molecule has 0 radical (unpaired) electrons. The molecule has 5 nitrogen and oxygen atoms in total. The molecule has 1 fully saturated rings. The van der Waals surface area contributed by atoms with Gasteiger partial charge in [-0.15, -0.1) is 0 Å². The number of hydrogen-bond donors (Lipinski definition) is 1. The molecule has 20 heavy (non-hydrogen) atoms. The fourth-order valence-electron chi connectivity index (χ4n) is 2.19. The highest BCUT2D eigenvalue weighted by atomic mass is 16.5. The first kappa shape index (κ1) is 17.0. The van der Waals surface area contributed by atoms with Gasteiger partial charge in [0.15, 0.2) is 0 Å². The Morgan fingerprint density at radius 2 is 1.85 bits per heavy atom. The van der Waals surface area contributed by atoms with Gasteiger partial charge in [-0.25, -0.2) is 0 Å². The zero-order valence-corrected chi connectivity index (χ0v) is 13.3. The van der Waals surface area contributed by atoms with Crippen molar-refractivity contribution in [3.63, 3.8) is 0 Å². The molecule has 0 aromatic heterocycles. The molecule has 2 unspecified atom stereocenters. The van der Waals surface area contributed by atoms with E-state index in [4.69, 9.17) is 4.74 Å². The highest BCUT2D eigenvalue weighted by Crippen LogP contribution is 2.15. The number of carbonyl (C=O) groups excluding carboxylic acids is 2. The van der Waals surface area contributed by atoms with Gasteiger partial charge in [0.05, 0.1) is 6.61 Å². The van der Waals surface area contributed by atoms with E-state index in [1.54, 1.807) is 11.8 Å². The van der Waals surface area contributed by atoms with Gasteiger partial charge in [0.2, 0.25) is 11.8 Å². The van der Waals surface area contributed by atoms with Crippen LogP contribution in [0.4, 0.5) is 0 Å². The number of hydrogen-bond acceptors (Lipinski definition) is 3. The van der Waals surface area contributed by atoms with E-state index >= 15 is 0 Å². The average molecular weight is 284 g/mol. The SMILES string of the molecule is CC(C)CCOCCN1C(=O)C(C(C)C)NC(=O)C1C. The van der Waals surface area contributed by atoms with Gasteiger partial charge in [0.1, 0.15) is 12.1 Å². The molecule has 1 N–H and O–H groups in total. The maximum Gasteiger partial charge on any atom is 0.246 e. The second-order valence-corrected chi connectivity index (χ2v) is 6.23. The topological polar surface area (TPSA) is 58.6 Å². The molecule has 1 saturated heterocycles. The Balaban J connectivity index is 2.48. The molecule has 5 heteroatoms. The number of rotatable bonds is 7. The third-order valence-electron chi connectivity index (χ3n) is 3.68. The Morgan fingerprint density at radius 1 is 1.20 bits per heavy atom. The highest BCUT2D eigenvalue weighted by Gasteiger charge is 2.38. The van der Waals surface area contributed by atoms with E-state index in [1.165, 1.54) is 0 Å². The summed E-state index contributed by atoms with van der Waals surface area (Å²) < 4.78 is 5.55. The second-order valence-electron chi connectivity index (χ2n) is 6.23. The van der Waals surface area contributed by atoms with Crippen molar-refractivity contribution in [1.29, 1.82) is 0 Å². The zero-order valence-electron chi connectivity index (χ0n) is 13.3. The lowest BCUT2D eigenvalue weighted by Crippen LogP contribution is -2.64. The average Bonchev–Trinajstić information content (AvgIpc) is 2.36. The van der Waals surface area contributed by atoms with Crippen molar-refractivity contribution in [1.82, 2.24) is 10.2 Å². The lowest BCUT2D eigenvalue weighted by molar-refractivity contribution is -0.150. The Morgan fingerprint density at radius 3 is 2.40 bits per heavy atom. The van der Waals surface area contributed by atoms with Gasteiger partial charge < -0.3 is 15.0 Å². The smallest absolute Gasteiger partial charge is 0.246 e. The molecule has 1 rings (SSSR count). The minimum absolute atomic E-state index is 0.000408. The largest absolute Gasteiger partial charge is 0.380 e. The summed E-state index contributed by atoms with van der Waals surface area (Å²) in [5.41, 5.74) is 0. The van der Waals surface area contributed by atoms with Crippen molar-refractivity contribution >= 4 is 11.8 Å². The standard InChI is InChI=1S/C15H28N2O3/c1-10(2)6-8-20-9-7-17-12(5)14(18)16-13(11(3)4)15(17)19/h10-13H,6-9H2,1-5H3,(H,16,18). The third kappa shape index (κ3) is 4.47. The Bertz CT molecular complexity index is 342. The summed E-state index contributed by atoms with van der Waals surface area (Å²) in [7, 11) is 0. The maximum atomic E-state index is 12.4. The fourth-order valence-corrected chi connectivity index (χ4v) is 2.19. The molecule has 0 aromatic rings. The number of nitrogens with zero attached hydrogens (tertiary/aromatic N) is 1. The maximum absolute atomic E-state index is 12.4.